The summed E-state index contributed by atoms with van der Waals surface area (Å²) in [6, 6.07) is 0.137. The molecule has 0 saturated carbocycles. The number of rotatable bonds is 7. The second-order valence-corrected chi connectivity index (χ2v) is 5.02. The summed E-state index contributed by atoms with van der Waals surface area (Å²) in [6.45, 7) is 8.45. The lowest BCUT2D eigenvalue weighted by atomic mass is 10.2. The first-order valence-corrected chi connectivity index (χ1v) is 6.55. The van der Waals surface area contributed by atoms with Crippen LogP contribution < -0.4 is 21.1 Å². The SMILES string of the molecule is CC(C)CNC(=O)CNc1nc(N)nc(OC(C)C)n1. The Morgan fingerprint density at radius 3 is 2.55 bits per heavy atom. The first-order valence-electron chi connectivity index (χ1n) is 6.55. The maximum atomic E-state index is 11.6. The molecule has 112 valence electrons. The van der Waals surface area contributed by atoms with Crippen molar-refractivity contribution in [2.24, 2.45) is 5.92 Å². The fourth-order valence-corrected chi connectivity index (χ4v) is 1.25. The number of anilines is 2. The molecule has 0 spiro atoms. The lowest BCUT2D eigenvalue weighted by molar-refractivity contribution is -0.119. The average molecular weight is 282 g/mol. The quantitative estimate of drug-likeness (QED) is 0.664. The molecule has 1 rings (SSSR count). The highest BCUT2D eigenvalue weighted by Gasteiger charge is 2.08. The molecule has 8 nitrogen and oxygen atoms in total. The van der Waals surface area contributed by atoms with E-state index < -0.39 is 0 Å². The lowest BCUT2D eigenvalue weighted by Gasteiger charge is -2.11. The summed E-state index contributed by atoms with van der Waals surface area (Å²) in [5.41, 5.74) is 5.56. The van der Waals surface area contributed by atoms with E-state index in [1.807, 2.05) is 27.7 Å². The number of carbonyl (C=O) groups excluding carboxylic acids is 1. The molecule has 1 heterocycles. The van der Waals surface area contributed by atoms with Crippen LogP contribution >= 0.6 is 0 Å². The Balaban J connectivity index is 2.54. The van der Waals surface area contributed by atoms with Crippen molar-refractivity contribution in [3.8, 4) is 6.01 Å². The first kappa shape index (κ1) is 15.9. The largest absolute Gasteiger partial charge is 0.461 e. The molecular formula is C12H22N6O2. The van der Waals surface area contributed by atoms with E-state index >= 15 is 0 Å². The van der Waals surface area contributed by atoms with E-state index in [4.69, 9.17) is 10.5 Å². The Bertz CT molecular complexity index is 450. The highest BCUT2D eigenvalue weighted by molar-refractivity contribution is 5.80. The number of hydrogen-bond donors (Lipinski definition) is 3. The molecule has 0 aromatic carbocycles. The van der Waals surface area contributed by atoms with E-state index in [1.54, 1.807) is 0 Å². The minimum absolute atomic E-state index is 0.0424. The van der Waals surface area contributed by atoms with Gasteiger partial charge < -0.3 is 21.1 Å². The summed E-state index contributed by atoms with van der Waals surface area (Å²) < 4.78 is 5.34. The topological polar surface area (TPSA) is 115 Å². The smallest absolute Gasteiger partial charge is 0.323 e. The van der Waals surface area contributed by atoms with Crippen molar-refractivity contribution >= 4 is 17.8 Å². The summed E-state index contributed by atoms with van der Waals surface area (Å²) in [7, 11) is 0. The Labute approximate surface area is 118 Å². The molecule has 4 N–H and O–H groups in total. The number of aromatic nitrogens is 3. The number of carbonyl (C=O) groups is 1. The Kier molecular flexibility index (Phi) is 5.95. The Morgan fingerprint density at radius 1 is 1.25 bits per heavy atom. The van der Waals surface area contributed by atoms with Crippen LogP contribution in [-0.4, -0.2) is 40.1 Å². The maximum absolute atomic E-state index is 11.6. The van der Waals surface area contributed by atoms with E-state index in [9.17, 15) is 4.79 Å². The molecule has 0 radical (unpaired) electrons. The fourth-order valence-electron chi connectivity index (χ4n) is 1.25. The zero-order chi connectivity index (χ0) is 15.1. The highest BCUT2D eigenvalue weighted by Crippen LogP contribution is 2.10. The zero-order valence-corrected chi connectivity index (χ0v) is 12.3. The molecule has 1 aromatic rings. The first-order chi connectivity index (χ1) is 9.36. The predicted octanol–water partition coefficient (Wildman–Crippen LogP) is 0.425. The molecule has 0 aliphatic carbocycles. The number of amides is 1. The van der Waals surface area contributed by atoms with Crippen LogP contribution in [0.4, 0.5) is 11.9 Å². The van der Waals surface area contributed by atoms with Gasteiger partial charge in [0.05, 0.1) is 12.6 Å². The Morgan fingerprint density at radius 2 is 1.95 bits per heavy atom. The van der Waals surface area contributed by atoms with Gasteiger partial charge in [-0.1, -0.05) is 13.8 Å². The van der Waals surface area contributed by atoms with Crippen molar-refractivity contribution < 1.29 is 9.53 Å². The van der Waals surface area contributed by atoms with Gasteiger partial charge in [0.25, 0.3) is 0 Å². The highest BCUT2D eigenvalue weighted by atomic mass is 16.5. The minimum atomic E-state index is -0.135. The van der Waals surface area contributed by atoms with Gasteiger partial charge in [-0.25, -0.2) is 0 Å². The molecule has 0 fully saturated rings. The minimum Gasteiger partial charge on any atom is -0.461 e. The van der Waals surface area contributed by atoms with E-state index in [-0.39, 0.29) is 36.5 Å². The molecule has 0 unspecified atom stereocenters. The molecule has 0 bridgehead atoms. The summed E-state index contributed by atoms with van der Waals surface area (Å²) in [5.74, 6) is 0.524. The van der Waals surface area contributed by atoms with Crippen LogP contribution in [0.15, 0.2) is 0 Å². The van der Waals surface area contributed by atoms with Crippen LogP contribution in [0.2, 0.25) is 0 Å². The standard InChI is InChI=1S/C12H22N6O2/c1-7(2)5-14-9(19)6-15-11-16-10(13)17-12(18-11)20-8(3)4/h7-8H,5-6H2,1-4H3,(H,14,19)(H3,13,15,16,17,18). The van der Waals surface area contributed by atoms with Crippen LogP contribution in [0.1, 0.15) is 27.7 Å². The number of hydrogen-bond acceptors (Lipinski definition) is 7. The van der Waals surface area contributed by atoms with Gasteiger partial charge in [-0.15, -0.1) is 0 Å². The normalized spacial score (nSPS) is 10.7. The van der Waals surface area contributed by atoms with Gasteiger partial charge in [0.2, 0.25) is 17.8 Å². The van der Waals surface area contributed by atoms with Crippen molar-refractivity contribution in [1.29, 1.82) is 0 Å². The predicted molar refractivity (Wildman–Crippen MR) is 76.3 cm³/mol. The van der Waals surface area contributed by atoms with Gasteiger partial charge in [0.15, 0.2) is 0 Å². The second-order valence-electron chi connectivity index (χ2n) is 5.02. The summed E-state index contributed by atoms with van der Waals surface area (Å²) in [5, 5.41) is 5.57. The zero-order valence-electron chi connectivity index (χ0n) is 12.3. The van der Waals surface area contributed by atoms with Gasteiger partial charge in [-0.05, 0) is 19.8 Å². The van der Waals surface area contributed by atoms with Gasteiger partial charge in [0, 0.05) is 6.54 Å². The van der Waals surface area contributed by atoms with Gasteiger partial charge >= 0.3 is 6.01 Å². The number of nitrogens with one attached hydrogen (secondary N) is 2. The molecule has 1 amide bonds. The van der Waals surface area contributed by atoms with Crippen molar-refractivity contribution in [1.82, 2.24) is 20.3 Å². The molecule has 1 aromatic heterocycles. The third kappa shape index (κ3) is 6.17. The van der Waals surface area contributed by atoms with Crippen molar-refractivity contribution in [2.45, 2.75) is 33.8 Å². The molecule has 20 heavy (non-hydrogen) atoms. The molecule has 0 aliphatic heterocycles. The number of nitrogen functional groups attached to an aromatic ring is 1. The van der Waals surface area contributed by atoms with Crippen LogP contribution in [0.3, 0.4) is 0 Å². The van der Waals surface area contributed by atoms with Crippen molar-refractivity contribution in [3.63, 3.8) is 0 Å². The maximum Gasteiger partial charge on any atom is 0.323 e. The van der Waals surface area contributed by atoms with Gasteiger partial charge in [0.1, 0.15) is 0 Å². The van der Waals surface area contributed by atoms with Crippen molar-refractivity contribution in [3.05, 3.63) is 0 Å². The van der Waals surface area contributed by atoms with E-state index in [0.717, 1.165) is 0 Å². The van der Waals surface area contributed by atoms with Gasteiger partial charge in [-0.2, -0.15) is 15.0 Å². The number of nitrogens with zero attached hydrogens (tertiary/aromatic N) is 3. The Hall–Kier alpha value is -2.12. The van der Waals surface area contributed by atoms with E-state index in [2.05, 4.69) is 25.6 Å². The van der Waals surface area contributed by atoms with Crippen LogP contribution in [0, 0.1) is 5.92 Å². The third-order valence-corrected chi connectivity index (χ3v) is 2.09. The van der Waals surface area contributed by atoms with Crippen LogP contribution in [-0.2, 0) is 4.79 Å². The number of ether oxygens (including phenoxy) is 1. The van der Waals surface area contributed by atoms with E-state index in [0.29, 0.717) is 12.5 Å². The molecule has 0 aliphatic rings. The molecular weight excluding hydrogens is 260 g/mol. The fraction of sp³-hybridized carbons (Fsp3) is 0.667. The van der Waals surface area contributed by atoms with Crippen LogP contribution in [0.5, 0.6) is 6.01 Å². The van der Waals surface area contributed by atoms with Crippen molar-refractivity contribution in [2.75, 3.05) is 24.1 Å². The van der Waals surface area contributed by atoms with Gasteiger partial charge in [-0.3, -0.25) is 4.79 Å². The summed E-state index contributed by atoms with van der Waals surface area (Å²) in [6.07, 6.45) is -0.0704. The molecule has 8 heteroatoms. The van der Waals surface area contributed by atoms with Crippen LogP contribution in [0.25, 0.3) is 0 Å². The summed E-state index contributed by atoms with van der Waals surface area (Å²) >= 11 is 0. The molecule has 0 atom stereocenters. The monoisotopic (exact) mass is 282 g/mol. The lowest BCUT2D eigenvalue weighted by Crippen LogP contribution is -2.32. The van der Waals surface area contributed by atoms with E-state index in [1.165, 1.54) is 0 Å². The second kappa shape index (κ2) is 7.46. The molecule has 0 saturated heterocycles. The third-order valence-electron chi connectivity index (χ3n) is 2.09. The number of nitrogens with two attached hydrogens (primary N) is 1. The summed E-state index contributed by atoms with van der Waals surface area (Å²) in [4.78, 5) is 23.3. The average Bonchev–Trinajstić information content (AvgIpc) is 2.32.